The number of carboxylic acid groups (broad SMARTS) is 1. The van der Waals surface area contributed by atoms with Crippen LogP contribution in [0.2, 0.25) is 0 Å². The highest BCUT2D eigenvalue weighted by molar-refractivity contribution is 5.81. The van der Waals surface area contributed by atoms with Crippen molar-refractivity contribution in [2.45, 2.75) is 18.4 Å². The molecule has 31 heavy (non-hydrogen) atoms. The normalized spacial score (nSPS) is 13.2. The monoisotopic (exact) mass is 419 g/mol. The average molecular weight is 419 g/mol. The summed E-state index contributed by atoms with van der Waals surface area (Å²) in [5.74, 6) is -1.66. The quantitative estimate of drug-likeness (QED) is 0.629. The fraction of sp³-hybridized carbons (Fsp3) is 0.200. The van der Waals surface area contributed by atoms with Crippen LogP contribution in [0.15, 0.2) is 72.8 Å². The van der Waals surface area contributed by atoms with E-state index in [1.54, 1.807) is 0 Å². The van der Waals surface area contributed by atoms with Gasteiger partial charge in [0, 0.05) is 19.4 Å². The zero-order chi connectivity index (χ0) is 22.0. The molecule has 0 heterocycles. The molecule has 0 spiro atoms. The molecule has 0 aliphatic heterocycles. The third-order valence-corrected chi connectivity index (χ3v) is 5.72. The largest absolute Gasteiger partial charge is 0.480 e. The molecule has 1 aliphatic carbocycles. The summed E-state index contributed by atoms with van der Waals surface area (Å²) in [6, 6.07) is 20.4. The van der Waals surface area contributed by atoms with E-state index < -0.39 is 23.9 Å². The van der Waals surface area contributed by atoms with Crippen LogP contribution in [-0.4, -0.2) is 41.8 Å². The number of hydrogen-bond acceptors (Lipinski definition) is 3. The lowest BCUT2D eigenvalue weighted by molar-refractivity contribution is -0.142. The molecule has 0 bridgehead atoms. The van der Waals surface area contributed by atoms with Gasteiger partial charge in [0.05, 0.1) is 0 Å². The minimum absolute atomic E-state index is 0.0519. The van der Waals surface area contributed by atoms with Crippen LogP contribution in [0.4, 0.5) is 9.18 Å². The van der Waals surface area contributed by atoms with Crippen molar-refractivity contribution in [2.75, 3.05) is 13.7 Å². The number of benzene rings is 3. The lowest BCUT2D eigenvalue weighted by Gasteiger charge is -2.25. The first-order valence-electron chi connectivity index (χ1n) is 10.0. The Kier molecular flexibility index (Phi) is 5.71. The van der Waals surface area contributed by atoms with Crippen molar-refractivity contribution in [3.05, 3.63) is 95.3 Å². The molecule has 1 atom stereocenters. The smallest absolute Gasteiger partial charge is 0.410 e. The summed E-state index contributed by atoms with van der Waals surface area (Å²) in [6.07, 6.45) is -0.660. The van der Waals surface area contributed by atoms with Gasteiger partial charge in [0.2, 0.25) is 0 Å². The van der Waals surface area contributed by atoms with E-state index in [1.165, 1.54) is 31.3 Å². The van der Waals surface area contributed by atoms with Crippen LogP contribution in [0.3, 0.4) is 0 Å². The van der Waals surface area contributed by atoms with Gasteiger partial charge < -0.3 is 9.84 Å². The van der Waals surface area contributed by atoms with E-state index in [0.717, 1.165) is 27.2 Å². The molecule has 6 heteroatoms. The van der Waals surface area contributed by atoms with E-state index in [4.69, 9.17) is 4.74 Å². The first kappa shape index (κ1) is 20.6. The van der Waals surface area contributed by atoms with Crippen molar-refractivity contribution in [1.82, 2.24) is 4.90 Å². The minimum atomic E-state index is -1.15. The number of hydrogen-bond donors (Lipinski definition) is 1. The number of carbonyl (C=O) groups excluding carboxylic acids is 1. The summed E-state index contributed by atoms with van der Waals surface area (Å²) >= 11 is 0. The van der Waals surface area contributed by atoms with Crippen molar-refractivity contribution in [3.63, 3.8) is 0 Å². The second kappa shape index (κ2) is 8.60. The molecule has 0 radical (unpaired) electrons. The van der Waals surface area contributed by atoms with Crippen LogP contribution in [0, 0.1) is 5.82 Å². The van der Waals surface area contributed by atoms with Gasteiger partial charge in [-0.3, -0.25) is 4.90 Å². The highest BCUT2D eigenvalue weighted by Crippen LogP contribution is 2.44. The fourth-order valence-corrected chi connectivity index (χ4v) is 4.06. The number of nitrogens with zero attached hydrogens (tertiary/aromatic N) is 1. The molecule has 0 saturated carbocycles. The molecule has 3 aromatic carbocycles. The van der Waals surface area contributed by atoms with Gasteiger partial charge in [-0.2, -0.15) is 0 Å². The Morgan fingerprint density at radius 3 is 2.06 bits per heavy atom. The lowest BCUT2D eigenvalue weighted by Crippen LogP contribution is -2.44. The number of likely N-dealkylation sites (N-methyl/N-ethyl adjacent to an activating group) is 1. The number of halogens is 1. The Labute approximate surface area is 179 Å². The Bertz CT molecular complexity index is 1070. The van der Waals surface area contributed by atoms with Crippen molar-refractivity contribution in [3.8, 4) is 11.1 Å². The van der Waals surface area contributed by atoms with Crippen molar-refractivity contribution < 1.29 is 23.8 Å². The number of carbonyl (C=O) groups is 2. The number of ether oxygens (including phenoxy) is 1. The van der Waals surface area contributed by atoms with Gasteiger partial charge in [-0.1, -0.05) is 60.7 Å². The molecule has 1 aliphatic rings. The van der Waals surface area contributed by atoms with Gasteiger partial charge in [0.25, 0.3) is 0 Å². The zero-order valence-electron chi connectivity index (χ0n) is 17.0. The van der Waals surface area contributed by atoms with Crippen LogP contribution >= 0.6 is 0 Å². The molecule has 1 amide bonds. The Morgan fingerprint density at radius 2 is 1.52 bits per heavy atom. The van der Waals surface area contributed by atoms with Gasteiger partial charge in [0.15, 0.2) is 0 Å². The maximum Gasteiger partial charge on any atom is 0.410 e. The van der Waals surface area contributed by atoms with E-state index in [2.05, 4.69) is 0 Å². The summed E-state index contributed by atoms with van der Waals surface area (Å²) in [5.41, 5.74) is 5.02. The standard InChI is InChI=1S/C25H22FNO4/c1-27(23(24(28)29)14-16-10-12-17(26)13-11-16)25(30)31-15-22-20-8-4-2-6-18(20)19-7-3-5-9-21(19)22/h2-13,22-23H,14-15H2,1H3,(H,28,29)/t23-/m0/s1. The van der Waals surface area contributed by atoms with Crippen LogP contribution in [0.5, 0.6) is 0 Å². The first-order valence-corrected chi connectivity index (χ1v) is 10.0. The molecule has 3 aromatic rings. The van der Waals surface area contributed by atoms with Crippen LogP contribution in [0.25, 0.3) is 11.1 Å². The lowest BCUT2D eigenvalue weighted by atomic mass is 9.98. The summed E-state index contributed by atoms with van der Waals surface area (Å²) in [6.45, 7) is 0.111. The van der Waals surface area contributed by atoms with E-state index in [1.807, 2.05) is 48.5 Å². The van der Waals surface area contributed by atoms with Crippen LogP contribution in [-0.2, 0) is 16.0 Å². The molecule has 0 unspecified atom stereocenters. The van der Waals surface area contributed by atoms with Gasteiger partial charge in [-0.15, -0.1) is 0 Å². The molecule has 1 N–H and O–H groups in total. The number of aliphatic carboxylic acids is 1. The van der Waals surface area contributed by atoms with Gasteiger partial charge in [-0.05, 0) is 39.9 Å². The van der Waals surface area contributed by atoms with Crippen molar-refractivity contribution in [1.29, 1.82) is 0 Å². The number of rotatable bonds is 6. The van der Waals surface area contributed by atoms with E-state index in [-0.39, 0.29) is 18.9 Å². The third-order valence-electron chi connectivity index (χ3n) is 5.72. The molecule has 0 aromatic heterocycles. The second-order valence-corrected chi connectivity index (χ2v) is 7.60. The van der Waals surface area contributed by atoms with E-state index >= 15 is 0 Å². The maximum absolute atomic E-state index is 13.1. The van der Waals surface area contributed by atoms with Gasteiger partial charge in [-0.25, -0.2) is 14.0 Å². The third kappa shape index (κ3) is 4.14. The van der Waals surface area contributed by atoms with Gasteiger partial charge in [0.1, 0.15) is 18.5 Å². The Balaban J connectivity index is 1.47. The van der Waals surface area contributed by atoms with Crippen LogP contribution in [0.1, 0.15) is 22.6 Å². The summed E-state index contributed by atoms with van der Waals surface area (Å²) in [4.78, 5) is 25.6. The second-order valence-electron chi connectivity index (χ2n) is 7.60. The average Bonchev–Trinajstić information content (AvgIpc) is 3.10. The predicted molar refractivity (Wildman–Crippen MR) is 114 cm³/mol. The fourth-order valence-electron chi connectivity index (χ4n) is 4.06. The molecule has 4 rings (SSSR count). The zero-order valence-corrected chi connectivity index (χ0v) is 17.0. The molecule has 0 saturated heterocycles. The maximum atomic E-state index is 13.1. The SMILES string of the molecule is CN(C(=O)OCC1c2ccccc2-c2ccccc21)[C@@H](Cc1ccc(F)cc1)C(=O)O. The molecular formula is C25H22FNO4. The number of carboxylic acids is 1. The van der Waals surface area contributed by atoms with Gasteiger partial charge >= 0.3 is 12.1 Å². The summed E-state index contributed by atoms with van der Waals surface area (Å²) in [7, 11) is 1.40. The number of amides is 1. The van der Waals surface area contributed by atoms with Crippen LogP contribution < -0.4 is 0 Å². The highest BCUT2D eigenvalue weighted by Gasteiger charge is 2.32. The Hall–Kier alpha value is -3.67. The Morgan fingerprint density at radius 1 is 0.968 bits per heavy atom. The molecular weight excluding hydrogens is 397 g/mol. The molecule has 158 valence electrons. The molecule has 5 nitrogen and oxygen atoms in total. The van der Waals surface area contributed by atoms with Crippen molar-refractivity contribution >= 4 is 12.1 Å². The molecule has 0 fully saturated rings. The highest BCUT2D eigenvalue weighted by atomic mass is 19.1. The minimum Gasteiger partial charge on any atom is -0.480 e. The van der Waals surface area contributed by atoms with E-state index in [0.29, 0.717) is 5.56 Å². The van der Waals surface area contributed by atoms with Crippen molar-refractivity contribution in [2.24, 2.45) is 0 Å². The summed E-state index contributed by atoms with van der Waals surface area (Å²) in [5, 5.41) is 9.63. The first-order chi connectivity index (χ1) is 15.0. The number of fused-ring (bicyclic) bond motifs is 3. The topological polar surface area (TPSA) is 66.8 Å². The summed E-state index contributed by atoms with van der Waals surface area (Å²) < 4.78 is 18.7. The van der Waals surface area contributed by atoms with E-state index in [9.17, 15) is 19.1 Å². The predicted octanol–water partition coefficient (Wildman–Crippen LogP) is 4.70.